The van der Waals surface area contributed by atoms with Gasteiger partial charge in [-0.05, 0) is 38.1 Å². The van der Waals surface area contributed by atoms with Crippen LogP contribution in [0.2, 0.25) is 0 Å². The van der Waals surface area contributed by atoms with Gasteiger partial charge in [-0.1, -0.05) is 30.3 Å². The second-order valence-electron chi connectivity index (χ2n) is 6.06. The van der Waals surface area contributed by atoms with Gasteiger partial charge in [0.1, 0.15) is 12.5 Å². The molecular formula is C18H20N2O3. The van der Waals surface area contributed by atoms with Gasteiger partial charge in [-0.2, -0.15) is 0 Å². The van der Waals surface area contributed by atoms with Gasteiger partial charge in [-0.15, -0.1) is 0 Å². The molecule has 1 fully saturated rings. The summed E-state index contributed by atoms with van der Waals surface area (Å²) in [5, 5.41) is 2.91. The van der Waals surface area contributed by atoms with Crippen LogP contribution < -0.4 is 10.1 Å². The minimum atomic E-state index is -0.320. The topological polar surface area (TPSA) is 50.8 Å². The zero-order valence-corrected chi connectivity index (χ0v) is 13.3. The highest BCUT2D eigenvalue weighted by atomic mass is 16.5. The van der Waals surface area contributed by atoms with Crippen LogP contribution in [0.15, 0.2) is 54.6 Å². The molecule has 0 saturated carbocycles. The van der Waals surface area contributed by atoms with Crippen LogP contribution in [-0.4, -0.2) is 29.8 Å². The number of nitrogens with one attached hydrogen (secondary N) is 1. The van der Waals surface area contributed by atoms with Crippen molar-refractivity contribution >= 4 is 11.7 Å². The molecule has 120 valence electrons. The molecule has 0 radical (unpaired) electrons. The van der Waals surface area contributed by atoms with Gasteiger partial charge in [0.2, 0.25) is 0 Å². The number of anilines is 1. The summed E-state index contributed by atoms with van der Waals surface area (Å²) in [5.41, 5.74) is 0.309. The maximum absolute atomic E-state index is 12.5. The quantitative estimate of drug-likeness (QED) is 0.929. The Labute approximate surface area is 135 Å². The highest BCUT2D eigenvalue weighted by Crippen LogP contribution is 2.30. The van der Waals surface area contributed by atoms with Crippen LogP contribution in [0.1, 0.15) is 13.8 Å². The molecule has 2 amide bonds. The summed E-state index contributed by atoms with van der Waals surface area (Å²) < 4.78 is 11.3. The molecular weight excluding hydrogens is 292 g/mol. The number of hydrogen-bond acceptors (Lipinski definition) is 3. The third-order valence-corrected chi connectivity index (χ3v) is 3.75. The van der Waals surface area contributed by atoms with Crippen LogP contribution in [-0.2, 0) is 4.74 Å². The summed E-state index contributed by atoms with van der Waals surface area (Å²) in [6, 6.07) is 16.7. The van der Waals surface area contributed by atoms with E-state index in [9.17, 15) is 4.79 Å². The fourth-order valence-electron chi connectivity index (χ4n) is 2.43. The van der Waals surface area contributed by atoms with Crippen LogP contribution in [0.4, 0.5) is 10.5 Å². The summed E-state index contributed by atoms with van der Waals surface area (Å²) >= 11 is 0. The predicted molar refractivity (Wildman–Crippen MR) is 88.7 cm³/mol. The number of rotatable bonds is 3. The fraction of sp³-hybridized carbons (Fsp3) is 0.278. The van der Waals surface area contributed by atoms with Gasteiger partial charge < -0.3 is 14.8 Å². The van der Waals surface area contributed by atoms with Crippen LogP contribution in [0.25, 0.3) is 0 Å². The molecule has 0 aromatic heterocycles. The zero-order chi connectivity index (χ0) is 16.3. The molecule has 0 atom stereocenters. The van der Waals surface area contributed by atoms with E-state index in [2.05, 4.69) is 5.32 Å². The Kier molecular flexibility index (Phi) is 4.21. The van der Waals surface area contributed by atoms with E-state index in [0.29, 0.717) is 24.8 Å². The summed E-state index contributed by atoms with van der Waals surface area (Å²) in [6.07, 6.45) is 0. The molecule has 1 aliphatic rings. The maximum atomic E-state index is 12.5. The summed E-state index contributed by atoms with van der Waals surface area (Å²) in [7, 11) is 0. The van der Waals surface area contributed by atoms with E-state index in [1.165, 1.54) is 0 Å². The van der Waals surface area contributed by atoms with Gasteiger partial charge >= 0.3 is 6.03 Å². The van der Waals surface area contributed by atoms with Crippen molar-refractivity contribution in [3.05, 3.63) is 54.6 Å². The van der Waals surface area contributed by atoms with E-state index < -0.39 is 0 Å². The summed E-state index contributed by atoms with van der Waals surface area (Å²) in [4.78, 5) is 14.2. The first kappa shape index (κ1) is 15.4. The largest absolute Gasteiger partial charge is 0.455 e. The first-order chi connectivity index (χ1) is 11.1. The third-order valence-electron chi connectivity index (χ3n) is 3.75. The zero-order valence-electron chi connectivity index (χ0n) is 13.3. The second-order valence-corrected chi connectivity index (χ2v) is 6.06. The Balaban J connectivity index is 1.77. The Hall–Kier alpha value is -2.53. The molecule has 0 bridgehead atoms. The van der Waals surface area contributed by atoms with E-state index in [4.69, 9.17) is 9.47 Å². The third kappa shape index (κ3) is 3.46. The lowest BCUT2D eigenvalue weighted by molar-refractivity contribution is 0.147. The number of benzene rings is 2. The van der Waals surface area contributed by atoms with Crippen LogP contribution in [0, 0.1) is 0 Å². The standard InChI is InChI=1S/C18H20N2O3/c1-18(2)12-22-13-20(18)17(21)19-15-10-6-7-11-16(15)23-14-8-4-3-5-9-14/h3-11H,12-13H2,1-2H3,(H,19,21). The molecule has 5 heteroatoms. The molecule has 0 aliphatic carbocycles. The van der Waals surface area contributed by atoms with Crippen molar-refractivity contribution in [1.29, 1.82) is 0 Å². The molecule has 1 aliphatic heterocycles. The SMILES string of the molecule is CC1(C)COCN1C(=O)Nc1ccccc1Oc1ccccc1. The molecule has 3 rings (SSSR count). The normalized spacial score (nSPS) is 16.2. The lowest BCUT2D eigenvalue weighted by Gasteiger charge is -2.29. The molecule has 1 N–H and O–H groups in total. The average molecular weight is 312 g/mol. The fourth-order valence-corrected chi connectivity index (χ4v) is 2.43. The van der Waals surface area contributed by atoms with Crippen molar-refractivity contribution in [2.24, 2.45) is 0 Å². The molecule has 1 heterocycles. The first-order valence-electron chi connectivity index (χ1n) is 7.54. The second kappa shape index (κ2) is 6.30. The van der Waals surface area contributed by atoms with Crippen molar-refractivity contribution in [3.63, 3.8) is 0 Å². The van der Waals surface area contributed by atoms with Crippen molar-refractivity contribution in [3.8, 4) is 11.5 Å². The van der Waals surface area contributed by atoms with Gasteiger partial charge in [0.25, 0.3) is 0 Å². The molecule has 23 heavy (non-hydrogen) atoms. The van der Waals surface area contributed by atoms with Gasteiger partial charge in [-0.3, -0.25) is 4.90 Å². The molecule has 2 aromatic rings. The summed E-state index contributed by atoms with van der Waals surface area (Å²) in [6.45, 7) is 4.78. The minimum absolute atomic E-state index is 0.198. The van der Waals surface area contributed by atoms with E-state index in [1.807, 2.05) is 68.4 Å². The number of urea groups is 1. The molecule has 2 aromatic carbocycles. The van der Waals surface area contributed by atoms with Gasteiger partial charge in [0.15, 0.2) is 5.75 Å². The first-order valence-corrected chi connectivity index (χ1v) is 7.54. The number of para-hydroxylation sites is 3. The van der Waals surface area contributed by atoms with Gasteiger partial charge in [0.05, 0.1) is 17.8 Å². The van der Waals surface area contributed by atoms with Crippen LogP contribution in [0.5, 0.6) is 11.5 Å². The maximum Gasteiger partial charge on any atom is 0.324 e. The number of carbonyl (C=O) groups is 1. The summed E-state index contributed by atoms with van der Waals surface area (Å²) in [5.74, 6) is 1.32. The Bertz CT molecular complexity index is 686. The predicted octanol–water partition coefficient (Wildman–Crippen LogP) is 4.08. The van der Waals surface area contributed by atoms with Crippen molar-refractivity contribution in [1.82, 2.24) is 4.90 Å². The number of nitrogens with zero attached hydrogens (tertiary/aromatic N) is 1. The molecule has 0 spiro atoms. The van der Waals surface area contributed by atoms with E-state index in [1.54, 1.807) is 4.90 Å². The Morgan fingerprint density at radius 1 is 1.13 bits per heavy atom. The molecule has 0 unspecified atom stereocenters. The van der Waals surface area contributed by atoms with Crippen molar-refractivity contribution in [2.45, 2.75) is 19.4 Å². The number of carbonyl (C=O) groups excluding carboxylic acids is 1. The minimum Gasteiger partial charge on any atom is -0.455 e. The number of ether oxygens (including phenoxy) is 2. The average Bonchev–Trinajstić information content (AvgIpc) is 2.90. The Morgan fingerprint density at radius 3 is 2.52 bits per heavy atom. The van der Waals surface area contributed by atoms with Crippen LogP contribution in [0.3, 0.4) is 0 Å². The highest BCUT2D eigenvalue weighted by molar-refractivity contribution is 5.91. The highest BCUT2D eigenvalue weighted by Gasteiger charge is 2.36. The van der Waals surface area contributed by atoms with Crippen molar-refractivity contribution < 1.29 is 14.3 Å². The van der Waals surface area contributed by atoms with E-state index >= 15 is 0 Å². The van der Waals surface area contributed by atoms with Crippen LogP contribution >= 0.6 is 0 Å². The monoisotopic (exact) mass is 312 g/mol. The van der Waals surface area contributed by atoms with Crippen molar-refractivity contribution in [2.75, 3.05) is 18.7 Å². The lowest BCUT2D eigenvalue weighted by Crippen LogP contribution is -2.46. The molecule has 5 nitrogen and oxygen atoms in total. The number of amides is 2. The Morgan fingerprint density at radius 2 is 1.83 bits per heavy atom. The van der Waals surface area contributed by atoms with E-state index in [-0.39, 0.29) is 11.6 Å². The smallest absolute Gasteiger partial charge is 0.324 e. The lowest BCUT2D eigenvalue weighted by atomic mass is 10.1. The number of hydrogen-bond donors (Lipinski definition) is 1. The van der Waals surface area contributed by atoms with E-state index in [0.717, 1.165) is 5.75 Å². The van der Waals surface area contributed by atoms with Gasteiger partial charge in [-0.25, -0.2) is 4.79 Å². The molecule has 1 saturated heterocycles. The van der Waals surface area contributed by atoms with Gasteiger partial charge in [0, 0.05) is 0 Å².